The molecule has 134 valence electrons. The zero-order valence-corrected chi connectivity index (χ0v) is 13.2. The lowest BCUT2D eigenvalue weighted by molar-refractivity contribution is -0.604. The number of ether oxygens (including phenoxy) is 2. The smallest absolute Gasteiger partial charge is 0.422 e. The van der Waals surface area contributed by atoms with Crippen LogP contribution >= 0.6 is 0 Å². The Bertz CT molecular complexity index is 731. The molecular formula is C17H17F4N2O2+. The number of alkyl halides is 3. The Balaban J connectivity index is 1.86. The van der Waals surface area contributed by atoms with E-state index in [1.807, 2.05) is 0 Å². The molecule has 1 atom stereocenters. The molecule has 1 aliphatic rings. The van der Waals surface area contributed by atoms with Crippen LogP contribution in [0.3, 0.4) is 0 Å². The third-order valence-electron chi connectivity index (χ3n) is 3.74. The largest absolute Gasteiger partial charge is 0.434 e. The lowest BCUT2D eigenvalue weighted by Crippen LogP contribution is -2.35. The Morgan fingerprint density at radius 3 is 2.76 bits per heavy atom. The number of hydrogen-bond donors (Lipinski definition) is 1. The number of benzene rings is 1. The number of halogens is 4. The van der Waals surface area contributed by atoms with Gasteiger partial charge in [-0.25, -0.2) is 4.39 Å². The van der Waals surface area contributed by atoms with Crippen LogP contribution in [-0.4, -0.2) is 32.5 Å². The van der Waals surface area contributed by atoms with Crippen molar-refractivity contribution in [2.45, 2.75) is 12.3 Å². The summed E-state index contributed by atoms with van der Waals surface area (Å²) in [5.41, 5.74) is 0.771. The van der Waals surface area contributed by atoms with Gasteiger partial charge in [-0.2, -0.15) is 13.2 Å². The molecule has 2 heterocycles. The molecule has 0 saturated carbocycles. The van der Waals surface area contributed by atoms with E-state index >= 15 is 0 Å². The topological polar surface area (TPSA) is 34.4 Å². The molecule has 0 radical (unpaired) electrons. The molecule has 25 heavy (non-hydrogen) atoms. The predicted molar refractivity (Wildman–Crippen MR) is 81.0 cm³/mol. The summed E-state index contributed by atoms with van der Waals surface area (Å²) in [5.74, 6) is -0.508. The van der Waals surface area contributed by atoms with Crippen LogP contribution in [0.1, 0.15) is 11.7 Å². The minimum atomic E-state index is -4.45. The summed E-state index contributed by atoms with van der Waals surface area (Å²) < 4.78 is 63.4. The number of morpholine rings is 1. The van der Waals surface area contributed by atoms with Crippen molar-refractivity contribution in [3.63, 3.8) is 0 Å². The van der Waals surface area contributed by atoms with Crippen LogP contribution in [0.5, 0.6) is 5.88 Å². The highest BCUT2D eigenvalue weighted by molar-refractivity contribution is 5.31. The van der Waals surface area contributed by atoms with Crippen molar-refractivity contribution in [3.05, 3.63) is 54.0 Å². The zero-order valence-electron chi connectivity index (χ0n) is 13.2. The van der Waals surface area contributed by atoms with Crippen molar-refractivity contribution >= 4 is 0 Å². The maximum Gasteiger partial charge on any atom is 0.422 e. The van der Waals surface area contributed by atoms with Gasteiger partial charge in [0.1, 0.15) is 5.82 Å². The summed E-state index contributed by atoms with van der Waals surface area (Å²) in [6.07, 6.45) is -3.32. The van der Waals surface area contributed by atoms with Crippen molar-refractivity contribution < 1.29 is 31.6 Å². The van der Waals surface area contributed by atoms with E-state index in [4.69, 9.17) is 9.47 Å². The lowest BCUT2D eigenvalue weighted by atomic mass is 10.1. The molecule has 0 unspecified atom stereocenters. The Hall–Kier alpha value is -2.19. The van der Waals surface area contributed by atoms with E-state index in [2.05, 4.69) is 5.32 Å². The van der Waals surface area contributed by atoms with Crippen molar-refractivity contribution in [3.8, 4) is 11.6 Å². The second kappa shape index (κ2) is 7.37. The van der Waals surface area contributed by atoms with Crippen molar-refractivity contribution in [1.82, 2.24) is 5.32 Å². The van der Waals surface area contributed by atoms with Gasteiger partial charge in [0, 0.05) is 36.9 Å². The SMILES string of the molecule is Fc1cc(-[n+]2ccccc2OCC(F)(F)F)ccc1[C@@H]1CNCCO1. The first kappa shape index (κ1) is 17.6. The minimum Gasteiger partial charge on any atom is -0.434 e. The highest BCUT2D eigenvalue weighted by Crippen LogP contribution is 2.23. The fraction of sp³-hybridized carbons (Fsp3) is 0.353. The van der Waals surface area contributed by atoms with E-state index in [0.29, 0.717) is 24.4 Å². The number of rotatable bonds is 4. The Morgan fingerprint density at radius 1 is 1.24 bits per heavy atom. The molecule has 0 amide bonds. The van der Waals surface area contributed by atoms with Gasteiger partial charge in [0.2, 0.25) is 5.69 Å². The van der Waals surface area contributed by atoms with E-state index in [1.54, 1.807) is 24.3 Å². The van der Waals surface area contributed by atoms with Crippen molar-refractivity contribution in [2.75, 3.05) is 26.3 Å². The molecular weight excluding hydrogens is 340 g/mol. The minimum absolute atomic E-state index is 0.0254. The second-order valence-electron chi connectivity index (χ2n) is 5.58. The maximum absolute atomic E-state index is 14.5. The van der Waals surface area contributed by atoms with Gasteiger partial charge in [-0.15, -0.1) is 4.57 Å². The predicted octanol–water partition coefficient (Wildman–Crippen LogP) is 2.70. The van der Waals surface area contributed by atoms with Gasteiger partial charge in [-0.1, -0.05) is 0 Å². The van der Waals surface area contributed by atoms with Crippen LogP contribution in [-0.2, 0) is 4.74 Å². The molecule has 2 aromatic rings. The molecule has 1 fully saturated rings. The third kappa shape index (κ3) is 4.46. The first-order chi connectivity index (χ1) is 11.9. The molecule has 0 bridgehead atoms. The summed E-state index contributed by atoms with van der Waals surface area (Å²) in [6.45, 7) is 0.304. The van der Waals surface area contributed by atoms with Crippen LogP contribution in [0.4, 0.5) is 17.6 Å². The fourth-order valence-electron chi connectivity index (χ4n) is 2.61. The zero-order chi connectivity index (χ0) is 17.9. The van der Waals surface area contributed by atoms with E-state index in [1.165, 1.54) is 22.9 Å². The summed E-state index contributed by atoms with van der Waals surface area (Å²) in [4.78, 5) is 0. The molecule has 8 heteroatoms. The first-order valence-electron chi connectivity index (χ1n) is 7.76. The van der Waals surface area contributed by atoms with Gasteiger partial charge in [0.25, 0.3) is 0 Å². The van der Waals surface area contributed by atoms with Gasteiger partial charge in [0.05, 0.1) is 18.8 Å². The maximum atomic E-state index is 14.5. The number of hydrogen-bond acceptors (Lipinski definition) is 3. The van der Waals surface area contributed by atoms with E-state index in [0.717, 1.165) is 6.54 Å². The summed E-state index contributed by atoms with van der Waals surface area (Å²) >= 11 is 0. The summed E-state index contributed by atoms with van der Waals surface area (Å²) in [7, 11) is 0. The van der Waals surface area contributed by atoms with Gasteiger partial charge in [0.15, 0.2) is 12.8 Å². The Labute approximate surface area is 142 Å². The molecule has 1 aromatic carbocycles. The van der Waals surface area contributed by atoms with Gasteiger partial charge in [-0.05, 0) is 12.1 Å². The molecule has 1 saturated heterocycles. The molecule has 1 aromatic heterocycles. The van der Waals surface area contributed by atoms with Gasteiger partial charge >= 0.3 is 12.1 Å². The van der Waals surface area contributed by atoms with Crippen LogP contribution in [0.2, 0.25) is 0 Å². The van der Waals surface area contributed by atoms with Crippen molar-refractivity contribution in [1.29, 1.82) is 0 Å². The van der Waals surface area contributed by atoms with Gasteiger partial charge < -0.3 is 14.8 Å². The molecule has 1 aliphatic heterocycles. The third-order valence-corrected chi connectivity index (χ3v) is 3.74. The summed E-state index contributed by atoms with van der Waals surface area (Å²) in [6, 6.07) is 9.03. The molecule has 0 spiro atoms. The average Bonchev–Trinajstić information content (AvgIpc) is 2.60. The number of pyridine rings is 1. The average molecular weight is 357 g/mol. The molecule has 1 N–H and O–H groups in total. The molecule has 4 nitrogen and oxygen atoms in total. The van der Waals surface area contributed by atoms with Crippen LogP contribution < -0.4 is 14.6 Å². The van der Waals surface area contributed by atoms with E-state index in [-0.39, 0.29) is 12.0 Å². The second-order valence-corrected chi connectivity index (χ2v) is 5.58. The molecule has 3 rings (SSSR count). The Kier molecular flexibility index (Phi) is 5.19. The normalized spacial score (nSPS) is 18.2. The summed E-state index contributed by atoms with van der Waals surface area (Å²) in [5, 5.41) is 3.12. The van der Waals surface area contributed by atoms with Crippen molar-refractivity contribution in [2.24, 2.45) is 0 Å². The van der Waals surface area contributed by atoms with Gasteiger partial charge in [-0.3, -0.25) is 0 Å². The lowest BCUT2D eigenvalue weighted by Gasteiger charge is -2.24. The van der Waals surface area contributed by atoms with Crippen LogP contribution in [0.15, 0.2) is 42.6 Å². The van der Waals surface area contributed by atoms with E-state index in [9.17, 15) is 17.6 Å². The monoisotopic (exact) mass is 357 g/mol. The fourth-order valence-corrected chi connectivity index (χ4v) is 2.61. The number of nitrogens with one attached hydrogen (secondary N) is 1. The highest BCUT2D eigenvalue weighted by atomic mass is 19.4. The first-order valence-corrected chi connectivity index (χ1v) is 7.76. The Morgan fingerprint density at radius 2 is 2.08 bits per heavy atom. The highest BCUT2D eigenvalue weighted by Gasteiger charge is 2.30. The number of nitrogens with zero attached hydrogens (tertiary/aromatic N) is 1. The standard InChI is InChI=1S/C17H17F4N2O2/c18-14-9-12(4-5-13(14)15-10-22-6-8-24-15)23-7-2-1-3-16(23)25-11-17(19,20)21/h1-5,7,9,15,22H,6,8,10-11H2/q+1/t15-/m0/s1. The number of aromatic nitrogens is 1. The quantitative estimate of drug-likeness (QED) is 0.675. The van der Waals surface area contributed by atoms with Crippen LogP contribution in [0, 0.1) is 5.82 Å². The van der Waals surface area contributed by atoms with E-state index < -0.39 is 18.6 Å². The van der Waals surface area contributed by atoms with Crippen LogP contribution in [0.25, 0.3) is 5.69 Å². The molecule has 0 aliphatic carbocycles.